The van der Waals surface area contributed by atoms with Gasteiger partial charge in [0.25, 0.3) is 5.56 Å². The lowest BCUT2D eigenvalue weighted by atomic mass is 10.1. The molecule has 4 rings (SSSR count). The van der Waals surface area contributed by atoms with Crippen molar-refractivity contribution in [1.82, 2.24) is 24.6 Å². The Morgan fingerprint density at radius 3 is 2.67 bits per heavy atom. The van der Waals surface area contributed by atoms with Crippen LogP contribution in [0.25, 0.3) is 16.9 Å². The highest BCUT2D eigenvalue weighted by Crippen LogP contribution is 2.25. The fourth-order valence-corrected chi connectivity index (χ4v) is 5.72. The Morgan fingerprint density at radius 2 is 1.97 bits per heavy atom. The number of sulfonamides is 1. The highest BCUT2D eigenvalue weighted by molar-refractivity contribution is 7.89. The second kappa shape index (κ2) is 9.20. The average molecular weight is 472 g/mol. The van der Waals surface area contributed by atoms with Crippen LogP contribution in [0.2, 0.25) is 0 Å². The summed E-state index contributed by atoms with van der Waals surface area (Å²) in [5.74, 6) is 0.476. The van der Waals surface area contributed by atoms with Crippen molar-refractivity contribution in [3.05, 3.63) is 57.7 Å². The van der Waals surface area contributed by atoms with Crippen molar-refractivity contribution in [2.24, 2.45) is 0 Å². The molecule has 33 heavy (non-hydrogen) atoms. The molecule has 1 aromatic carbocycles. The molecule has 0 radical (unpaired) electrons. The van der Waals surface area contributed by atoms with Crippen LogP contribution in [0.5, 0.6) is 0 Å². The molecule has 0 aliphatic carbocycles. The number of nitrogens with zero attached hydrogens (tertiary/aromatic N) is 4. The zero-order chi connectivity index (χ0) is 23.8. The van der Waals surface area contributed by atoms with Gasteiger partial charge >= 0.3 is 0 Å². The smallest absolute Gasteiger partial charge is 0.271 e. The van der Waals surface area contributed by atoms with Gasteiger partial charge < -0.3 is 4.52 Å². The van der Waals surface area contributed by atoms with Gasteiger partial charge in [-0.25, -0.2) is 13.1 Å². The van der Waals surface area contributed by atoms with E-state index in [1.807, 2.05) is 0 Å². The van der Waals surface area contributed by atoms with Gasteiger partial charge in [-0.1, -0.05) is 24.2 Å². The van der Waals surface area contributed by atoms with Crippen molar-refractivity contribution >= 4 is 10.0 Å². The number of likely N-dealkylation sites (N-methyl/N-ethyl adjacent to an activating group) is 1. The van der Waals surface area contributed by atoms with Gasteiger partial charge in [0.15, 0.2) is 5.76 Å². The normalized spacial score (nSPS) is 17.0. The molecular formula is C23H29N5O4S. The van der Waals surface area contributed by atoms with E-state index in [2.05, 4.69) is 26.8 Å². The maximum absolute atomic E-state index is 13.2. The fourth-order valence-electron chi connectivity index (χ4n) is 4.38. The summed E-state index contributed by atoms with van der Waals surface area (Å²) in [6, 6.07) is 8.37. The van der Waals surface area contributed by atoms with Crippen molar-refractivity contribution in [3.8, 4) is 16.9 Å². The Kier molecular flexibility index (Phi) is 6.51. The van der Waals surface area contributed by atoms with Gasteiger partial charge in [-0.2, -0.15) is 9.78 Å². The molecule has 2 aromatic heterocycles. The predicted molar refractivity (Wildman–Crippen MR) is 125 cm³/mol. The second-order valence-corrected chi connectivity index (χ2v) is 10.1. The molecule has 0 amide bonds. The predicted octanol–water partition coefficient (Wildman–Crippen LogP) is 2.58. The summed E-state index contributed by atoms with van der Waals surface area (Å²) in [4.78, 5) is 15.0. The Balaban J connectivity index is 1.66. The molecule has 0 saturated carbocycles. The summed E-state index contributed by atoms with van der Waals surface area (Å²) in [5, 5.41) is 8.36. The maximum Gasteiger partial charge on any atom is 0.271 e. The molecular weight excluding hydrogens is 442 g/mol. The molecule has 3 heterocycles. The number of rotatable bonds is 7. The van der Waals surface area contributed by atoms with Crippen LogP contribution in [-0.2, 0) is 10.0 Å². The van der Waals surface area contributed by atoms with Crippen molar-refractivity contribution in [3.63, 3.8) is 0 Å². The Labute approximate surface area is 193 Å². The molecule has 1 atom stereocenters. The van der Waals surface area contributed by atoms with Crippen LogP contribution in [0.4, 0.5) is 0 Å². The second-order valence-electron chi connectivity index (χ2n) is 8.40. The zero-order valence-electron chi connectivity index (χ0n) is 19.3. The molecule has 9 nitrogen and oxygen atoms in total. The van der Waals surface area contributed by atoms with Crippen LogP contribution in [0.3, 0.4) is 0 Å². The van der Waals surface area contributed by atoms with Gasteiger partial charge in [-0.05, 0) is 64.4 Å². The molecule has 1 N–H and O–H groups in total. The first-order chi connectivity index (χ1) is 15.7. The van der Waals surface area contributed by atoms with Gasteiger partial charge in [0.05, 0.1) is 10.6 Å². The molecule has 10 heteroatoms. The summed E-state index contributed by atoms with van der Waals surface area (Å²) >= 11 is 0. The van der Waals surface area contributed by atoms with Crippen LogP contribution in [0, 0.1) is 20.8 Å². The van der Waals surface area contributed by atoms with E-state index in [1.165, 1.54) is 10.7 Å². The van der Waals surface area contributed by atoms with Crippen LogP contribution in [0.15, 0.2) is 44.5 Å². The lowest BCUT2D eigenvalue weighted by Crippen LogP contribution is -2.40. The fraction of sp³-hybridized carbons (Fsp3) is 0.435. The van der Waals surface area contributed by atoms with Crippen LogP contribution in [-0.4, -0.2) is 53.9 Å². The summed E-state index contributed by atoms with van der Waals surface area (Å²) < 4.78 is 35.5. The number of aromatic nitrogens is 3. The molecule has 1 aliphatic heterocycles. The van der Waals surface area contributed by atoms with Crippen molar-refractivity contribution in [1.29, 1.82) is 0 Å². The van der Waals surface area contributed by atoms with Gasteiger partial charge in [0.2, 0.25) is 10.0 Å². The lowest BCUT2D eigenvalue weighted by Gasteiger charge is -2.23. The maximum atomic E-state index is 13.2. The van der Waals surface area contributed by atoms with Crippen LogP contribution in [0.1, 0.15) is 36.8 Å². The van der Waals surface area contributed by atoms with Gasteiger partial charge in [0, 0.05) is 24.2 Å². The number of hydrogen-bond donors (Lipinski definition) is 1. The Hall–Kier alpha value is -2.82. The molecule has 1 fully saturated rings. The van der Waals surface area contributed by atoms with E-state index in [-0.39, 0.29) is 16.5 Å². The minimum atomic E-state index is -3.71. The van der Waals surface area contributed by atoms with E-state index in [0.29, 0.717) is 40.5 Å². The Morgan fingerprint density at radius 1 is 1.18 bits per heavy atom. The summed E-state index contributed by atoms with van der Waals surface area (Å²) in [6.45, 7) is 9.60. The molecule has 0 bridgehead atoms. The van der Waals surface area contributed by atoms with E-state index in [4.69, 9.17) is 4.52 Å². The third-order valence-corrected chi connectivity index (χ3v) is 7.76. The topological polar surface area (TPSA) is 110 Å². The largest absolute Gasteiger partial charge is 0.359 e. The third kappa shape index (κ3) is 4.64. The van der Waals surface area contributed by atoms with E-state index in [0.717, 1.165) is 25.9 Å². The van der Waals surface area contributed by atoms with Crippen molar-refractivity contribution < 1.29 is 12.9 Å². The highest BCUT2D eigenvalue weighted by atomic mass is 32.2. The van der Waals surface area contributed by atoms with Gasteiger partial charge in [-0.15, -0.1) is 0 Å². The first-order valence-electron chi connectivity index (χ1n) is 11.1. The molecule has 3 aromatic rings. The van der Waals surface area contributed by atoms with E-state index in [1.54, 1.807) is 45.0 Å². The molecule has 176 valence electrons. The molecule has 1 unspecified atom stereocenters. The first kappa shape index (κ1) is 23.3. The summed E-state index contributed by atoms with van der Waals surface area (Å²) in [6.07, 6.45) is 2.07. The number of likely N-dealkylation sites (tertiary alicyclic amines) is 1. The average Bonchev–Trinajstić information content (AvgIpc) is 3.39. The monoisotopic (exact) mass is 471 g/mol. The standard InChI is InChI=1S/C23H29N5O4S/c1-5-27-12-6-7-19(27)14-24-33(30,31)21-13-18(9-8-15(21)2)20-10-11-22(29)28(25-20)23-16(3)26-32-17(23)4/h8-11,13,19,24H,5-7,12,14H2,1-4H3. The number of benzene rings is 1. The SMILES string of the molecule is CCN1CCCC1CNS(=O)(=O)c1cc(-c2ccc(=O)n(-c3c(C)noc3C)n2)ccc1C. The summed E-state index contributed by atoms with van der Waals surface area (Å²) in [5.41, 5.74) is 2.41. The van der Waals surface area contributed by atoms with Gasteiger partial charge in [-0.3, -0.25) is 9.69 Å². The van der Waals surface area contributed by atoms with Crippen LogP contribution >= 0.6 is 0 Å². The molecule has 1 saturated heterocycles. The van der Waals surface area contributed by atoms with Crippen molar-refractivity contribution in [2.75, 3.05) is 19.6 Å². The third-order valence-electron chi connectivity index (χ3n) is 6.20. The highest BCUT2D eigenvalue weighted by Gasteiger charge is 2.26. The zero-order valence-corrected chi connectivity index (χ0v) is 20.1. The van der Waals surface area contributed by atoms with E-state index in [9.17, 15) is 13.2 Å². The first-order valence-corrected chi connectivity index (χ1v) is 12.6. The van der Waals surface area contributed by atoms with E-state index >= 15 is 0 Å². The van der Waals surface area contributed by atoms with Gasteiger partial charge in [0.1, 0.15) is 11.4 Å². The van der Waals surface area contributed by atoms with Crippen molar-refractivity contribution in [2.45, 2.75) is 51.5 Å². The molecule has 0 spiro atoms. The quantitative estimate of drug-likeness (QED) is 0.564. The number of nitrogens with one attached hydrogen (secondary N) is 1. The van der Waals surface area contributed by atoms with Crippen LogP contribution < -0.4 is 10.3 Å². The molecule has 1 aliphatic rings. The Bertz CT molecular complexity index is 1310. The minimum absolute atomic E-state index is 0.206. The number of aryl methyl sites for hydroxylation is 3. The summed E-state index contributed by atoms with van der Waals surface area (Å²) in [7, 11) is -3.71. The lowest BCUT2D eigenvalue weighted by molar-refractivity contribution is 0.268. The minimum Gasteiger partial charge on any atom is -0.359 e. The van der Waals surface area contributed by atoms with E-state index < -0.39 is 10.0 Å². The number of hydrogen-bond acceptors (Lipinski definition) is 7.